The molecule has 0 heterocycles. The summed E-state index contributed by atoms with van der Waals surface area (Å²) in [5, 5.41) is 9.66. The first-order chi connectivity index (χ1) is 6.52. The predicted molar refractivity (Wildman–Crippen MR) is 58.7 cm³/mol. The maximum Gasteiger partial charge on any atom is 0.105 e. The van der Waals surface area contributed by atoms with Crippen LogP contribution in [0.4, 0.5) is 0 Å². The molecule has 1 aliphatic rings. The van der Waals surface area contributed by atoms with Crippen LogP contribution in [-0.2, 0) is 0 Å². The van der Waals surface area contributed by atoms with Gasteiger partial charge in [0.1, 0.15) is 6.23 Å². The second kappa shape index (κ2) is 4.26. The predicted octanol–water partition coefficient (Wildman–Crippen LogP) is 0.859. The standard InChI is InChI=1S/C11H20N2O/c1-4-13(9(2)14)11(3)8-6-5-7-10(11)12/h5-10,14H,4,12H2,1-3H3. The first kappa shape index (κ1) is 11.4. The molecule has 1 rings (SSSR count). The van der Waals surface area contributed by atoms with Crippen molar-refractivity contribution < 1.29 is 5.11 Å². The summed E-state index contributed by atoms with van der Waals surface area (Å²) >= 11 is 0. The summed E-state index contributed by atoms with van der Waals surface area (Å²) in [4.78, 5) is 1.98. The fraction of sp³-hybridized carbons (Fsp3) is 0.636. The number of aliphatic hydroxyl groups excluding tert-OH is 1. The molecule has 0 aromatic carbocycles. The first-order valence-electron chi connectivity index (χ1n) is 5.08. The third-order valence-electron chi connectivity index (χ3n) is 2.95. The molecule has 1 aliphatic carbocycles. The van der Waals surface area contributed by atoms with E-state index in [9.17, 15) is 5.11 Å². The number of aliphatic hydroxyl groups is 1. The lowest BCUT2D eigenvalue weighted by molar-refractivity contribution is -0.0347. The summed E-state index contributed by atoms with van der Waals surface area (Å²) in [6.45, 7) is 6.62. The van der Waals surface area contributed by atoms with Gasteiger partial charge in [-0.05, 0) is 20.4 Å². The van der Waals surface area contributed by atoms with Crippen molar-refractivity contribution in [1.82, 2.24) is 4.90 Å². The van der Waals surface area contributed by atoms with Gasteiger partial charge in [0, 0.05) is 6.04 Å². The number of hydrogen-bond acceptors (Lipinski definition) is 3. The van der Waals surface area contributed by atoms with Gasteiger partial charge in [0.15, 0.2) is 0 Å². The molecule has 3 N–H and O–H groups in total. The van der Waals surface area contributed by atoms with E-state index in [0.717, 1.165) is 6.54 Å². The third kappa shape index (κ3) is 1.90. The van der Waals surface area contributed by atoms with Gasteiger partial charge in [-0.25, -0.2) is 0 Å². The number of rotatable bonds is 3. The Balaban J connectivity index is 2.91. The van der Waals surface area contributed by atoms with E-state index >= 15 is 0 Å². The minimum absolute atomic E-state index is 0.0675. The minimum atomic E-state index is -0.479. The molecule has 0 saturated heterocycles. The lowest BCUT2D eigenvalue weighted by Gasteiger charge is -2.44. The van der Waals surface area contributed by atoms with Crippen LogP contribution in [-0.4, -0.2) is 34.4 Å². The maximum atomic E-state index is 9.66. The van der Waals surface area contributed by atoms with Gasteiger partial charge in [-0.1, -0.05) is 31.2 Å². The number of nitrogens with zero attached hydrogens (tertiary/aromatic N) is 1. The molecule has 14 heavy (non-hydrogen) atoms. The highest BCUT2D eigenvalue weighted by Gasteiger charge is 2.36. The molecule has 3 atom stereocenters. The highest BCUT2D eigenvalue weighted by molar-refractivity contribution is 5.26. The quantitative estimate of drug-likeness (QED) is 0.658. The highest BCUT2D eigenvalue weighted by atomic mass is 16.3. The van der Waals surface area contributed by atoms with Gasteiger partial charge < -0.3 is 10.8 Å². The molecule has 0 aliphatic heterocycles. The van der Waals surface area contributed by atoms with E-state index in [0.29, 0.717) is 0 Å². The van der Waals surface area contributed by atoms with Crippen molar-refractivity contribution in [3.8, 4) is 0 Å². The summed E-state index contributed by atoms with van der Waals surface area (Å²) in [7, 11) is 0. The van der Waals surface area contributed by atoms with E-state index in [-0.39, 0.29) is 11.6 Å². The first-order valence-corrected chi connectivity index (χ1v) is 5.08. The average Bonchev–Trinajstić information content (AvgIpc) is 2.11. The van der Waals surface area contributed by atoms with Crippen molar-refractivity contribution in [2.45, 2.75) is 38.6 Å². The van der Waals surface area contributed by atoms with Crippen LogP contribution in [0.2, 0.25) is 0 Å². The Morgan fingerprint density at radius 3 is 2.64 bits per heavy atom. The molecular formula is C11H20N2O. The van der Waals surface area contributed by atoms with Crippen LogP contribution in [0.25, 0.3) is 0 Å². The van der Waals surface area contributed by atoms with Gasteiger partial charge in [0.2, 0.25) is 0 Å². The largest absolute Gasteiger partial charge is 0.379 e. The molecule has 0 spiro atoms. The Kier molecular flexibility index (Phi) is 3.48. The molecule has 0 radical (unpaired) electrons. The van der Waals surface area contributed by atoms with Gasteiger partial charge >= 0.3 is 0 Å². The molecule has 0 fully saturated rings. The summed E-state index contributed by atoms with van der Waals surface area (Å²) in [5.41, 5.74) is 5.76. The molecular weight excluding hydrogens is 176 g/mol. The van der Waals surface area contributed by atoms with E-state index in [2.05, 4.69) is 0 Å². The van der Waals surface area contributed by atoms with Gasteiger partial charge in [0.25, 0.3) is 0 Å². The minimum Gasteiger partial charge on any atom is -0.379 e. The third-order valence-corrected chi connectivity index (χ3v) is 2.95. The van der Waals surface area contributed by atoms with Crippen molar-refractivity contribution in [3.63, 3.8) is 0 Å². The van der Waals surface area contributed by atoms with Crippen LogP contribution >= 0.6 is 0 Å². The van der Waals surface area contributed by atoms with Crippen LogP contribution in [0.1, 0.15) is 20.8 Å². The fourth-order valence-corrected chi connectivity index (χ4v) is 2.03. The number of likely N-dealkylation sites (N-methyl/N-ethyl adjacent to an activating group) is 1. The van der Waals surface area contributed by atoms with Gasteiger partial charge in [-0.2, -0.15) is 0 Å². The number of hydrogen-bond donors (Lipinski definition) is 2. The maximum absolute atomic E-state index is 9.66. The molecule has 0 amide bonds. The van der Waals surface area contributed by atoms with Gasteiger partial charge in [0.05, 0.1) is 5.54 Å². The monoisotopic (exact) mass is 196 g/mol. The Hall–Kier alpha value is -0.640. The van der Waals surface area contributed by atoms with Crippen molar-refractivity contribution >= 4 is 0 Å². The van der Waals surface area contributed by atoms with Gasteiger partial charge in [-0.3, -0.25) is 4.90 Å². The lowest BCUT2D eigenvalue weighted by Crippen LogP contribution is -2.59. The molecule has 3 heteroatoms. The van der Waals surface area contributed by atoms with E-state index in [1.165, 1.54) is 0 Å². The van der Waals surface area contributed by atoms with Crippen LogP contribution < -0.4 is 5.73 Å². The van der Waals surface area contributed by atoms with Crippen molar-refractivity contribution in [1.29, 1.82) is 0 Å². The van der Waals surface area contributed by atoms with Crippen LogP contribution in [0.3, 0.4) is 0 Å². The average molecular weight is 196 g/mol. The van der Waals surface area contributed by atoms with Gasteiger partial charge in [-0.15, -0.1) is 0 Å². The topological polar surface area (TPSA) is 49.5 Å². The van der Waals surface area contributed by atoms with E-state index in [1.54, 1.807) is 6.92 Å². The van der Waals surface area contributed by atoms with E-state index in [1.807, 2.05) is 43.1 Å². The fourth-order valence-electron chi connectivity index (χ4n) is 2.03. The Labute approximate surface area is 85.9 Å². The SMILES string of the molecule is CCN(C(C)O)C1(C)C=CC=CC1N. The summed E-state index contributed by atoms with van der Waals surface area (Å²) in [6, 6.07) is -0.0675. The molecule has 0 aromatic heterocycles. The van der Waals surface area contributed by atoms with Crippen LogP contribution in [0.15, 0.2) is 24.3 Å². The summed E-state index contributed by atoms with van der Waals surface area (Å²) in [5.74, 6) is 0. The molecule has 0 bridgehead atoms. The Bertz CT molecular complexity index is 248. The summed E-state index contributed by atoms with van der Waals surface area (Å²) < 4.78 is 0. The second-order valence-corrected chi connectivity index (χ2v) is 3.91. The Morgan fingerprint density at radius 2 is 2.21 bits per heavy atom. The van der Waals surface area contributed by atoms with E-state index < -0.39 is 6.23 Å². The molecule has 0 aromatic rings. The van der Waals surface area contributed by atoms with Crippen molar-refractivity contribution in [3.05, 3.63) is 24.3 Å². The zero-order valence-electron chi connectivity index (χ0n) is 9.14. The zero-order valence-corrected chi connectivity index (χ0v) is 9.14. The number of allylic oxidation sites excluding steroid dienone is 2. The van der Waals surface area contributed by atoms with Crippen molar-refractivity contribution in [2.24, 2.45) is 5.73 Å². The molecule has 3 nitrogen and oxygen atoms in total. The molecule has 80 valence electrons. The lowest BCUT2D eigenvalue weighted by atomic mass is 9.86. The Morgan fingerprint density at radius 1 is 1.57 bits per heavy atom. The highest BCUT2D eigenvalue weighted by Crippen LogP contribution is 2.25. The smallest absolute Gasteiger partial charge is 0.105 e. The van der Waals surface area contributed by atoms with Crippen molar-refractivity contribution in [2.75, 3.05) is 6.54 Å². The summed E-state index contributed by atoms with van der Waals surface area (Å²) in [6.07, 6.45) is 7.46. The molecule has 3 unspecified atom stereocenters. The molecule has 0 saturated carbocycles. The number of nitrogens with two attached hydrogens (primary N) is 1. The second-order valence-electron chi connectivity index (χ2n) is 3.91. The normalized spacial score (nSPS) is 33.7. The zero-order chi connectivity index (χ0) is 10.8. The van der Waals surface area contributed by atoms with Crippen LogP contribution in [0.5, 0.6) is 0 Å². The van der Waals surface area contributed by atoms with Crippen LogP contribution in [0, 0.1) is 0 Å². The van der Waals surface area contributed by atoms with E-state index in [4.69, 9.17) is 5.73 Å².